The van der Waals surface area contributed by atoms with Gasteiger partial charge < -0.3 is 14.8 Å². The van der Waals surface area contributed by atoms with Gasteiger partial charge in [0, 0.05) is 19.3 Å². The monoisotopic (exact) mass is 455 g/mol. The summed E-state index contributed by atoms with van der Waals surface area (Å²) in [7, 11) is -2.27. The maximum atomic E-state index is 13.1. The lowest BCUT2D eigenvalue weighted by atomic mass is 10.2. The van der Waals surface area contributed by atoms with Gasteiger partial charge in [-0.3, -0.25) is 4.79 Å². The lowest BCUT2D eigenvalue weighted by molar-refractivity contribution is 0.102. The fraction of sp³-hybridized carbons (Fsp3) is 0.217. The third-order valence-corrected chi connectivity index (χ3v) is 6.78. The van der Waals surface area contributed by atoms with E-state index in [2.05, 4.69) is 10.3 Å². The predicted molar refractivity (Wildman–Crippen MR) is 122 cm³/mol. The molecule has 32 heavy (non-hydrogen) atoms. The lowest BCUT2D eigenvalue weighted by Crippen LogP contribution is -2.30. The minimum Gasteiger partial charge on any atom is -0.495 e. The molecule has 2 aromatic carbocycles. The zero-order chi connectivity index (χ0) is 23.1. The summed E-state index contributed by atoms with van der Waals surface area (Å²) in [5, 5.41) is 2.72. The molecule has 0 bridgehead atoms. The Morgan fingerprint density at radius 3 is 2.41 bits per heavy atom. The van der Waals surface area contributed by atoms with Gasteiger partial charge in [0.1, 0.15) is 17.1 Å². The molecule has 3 aromatic rings. The van der Waals surface area contributed by atoms with Gasteiger partial charge in [-0.15, -0.1) is 0 Å². The van der Waals surface area contributed by atoms with E-state index in [1.54, 1.807) is 38.1 Å². The van der Waals surface area contributed by atoms with Gasteiger partial charge in [-0.2, -0.15) is 4.31 Å². The summed E-state index contributed by atoms with van der Waals surface area (Å²) in [5.41, 5.74) is 0.413. The van der Waals surface area contributed by atoms with E-state index >= 15 is 0 Å². The Morgan fingerprint density at radius 2 is 1.75 bits per heavy atom. The summed E-state index contributed by atoms with van der Waals surface area (Å²) >= 11 is 0. The third kappa shape index (κ3) is 5.06. The number of sulfonamides is 1. The van der Waals surface area contributed by atoms with Crippen molar-refractivity contribution >= 4 is 21.6 Å². The van der Waals surface area contributed by atoms with Crippen LogP contribution >= 0.6 is 0 Å². The van der Waals surface area contributed by atoms with Crippen LogP contribution in [-0.2, 0) is 10.0 Å². The molecular weight excluding hydrogens is 430 g/mol. The molecule has 8 nitrogen and oxygen atoms in total. The molecule has 0 saturated heterocycles. The van der Waals surface area contributed by atoms with Gasteiger partial charge in [-0.05, 0) is 42.5 Å². The zero-order valence-corrected chi connectivity index (χ0v) is 18.9. The van der Waals surface area contributed by atoms with Crippen molar-refractivity contribution in [2.45, 2.75) is 18.7 Å². The normalized spacial score (nSPS) is 11.2. The van der Waals surface area contributed by atoms with Gasteiger partial charge in [0.15, 0.2) is 0 Å². The van der Waals surface area contributed by atoms with Crippen LogP contribution in [0.2, 0.25) is 0 Å². The number of carbonyl (C=O) groups excluding carboxylic acids is 1. The Hall–Kier alpha value is -3.43. The fourth-order valence-corrected chi connectivity index (χ4v) is 4.58. The van der Waals surface area contributed by atoms with Crippen molar-refractivity contribution in [2.24, 2.45) is 0 Å². The minimum atomic E-state index is -3.71. The van der Waals surface area contributed by atoms with E-state index in [0.717, 1.165) is 0 Å². The maximum absolute atomic E-state index is 13.1. The number of amides is 1. The van der Waals surface area contributed by atoms with Crippen LogP contribution in [0.3, 0.4) is 0 Å². The van der Waals surface area contributed by atoms with Crippen LogP contribution in [0, 0.1) is 0 Å². The van der Waals surface area contributed by atoms with Crippen LogP contribution in [0.5, 0.6) is 17.4 Å². The zero-order valence-electron chi connectivity index (χ0n) is 18.1. The lowest BCUT2D eigenvalue weighted by Gasteiger charge is -2.19. The van der Waals surface area contributed by atoms with Gasteiger partial charge in [0.25, 0.3) is 5.91 Å². The van der Waals surface area contributed by atoms with Crippen molar-refractivity contribution in [1.29, 1.82) is 0 Å². The van der Waals surface area contributed by atoms with Crippen molar-refractivity contribution in [3.8, 4) is 17.4 Å². The second-order valence-corrected chi connectivity index (χ2v) is 8.61. The topological polar surface area (TPSA) is 97.8 Å². The van der Waals surface area contributed by atoms with Crippen LogP contribution in [0.4, 0.5) is 5.69 Å². The summed E-state index contributed by atoms with van der Waals surface area (Å²) in [5.74, 6) is 0.471. The Bertz CT molecular complexity index is 1180. The van der Waals surface area contributed by atoms with Gasteiger partial charge in [-0.25, -0.2) is 13.4 Å². The minimum absolute atomic E-state index is 0.0595. The highest BCUT2D eigenvalue weighted by molar-refractivity contribution is 7.89. The van der Waals surface area contributed by atoms with Gasteiger partial charge >= 0.3 is 0 Å². The summed E-state index contributed by atoms with van der Waals surface area (Å²) in [6.07, 6.45) is 1.52. The number of nitrogens with zero attached hydrogens (tertiary/aromatic N) is 2. The number of aromatic nitrogens is 1. The quantitative estimate of drug-likeness (QED) is 0.520. The summed E-state index contributed by atoms with van der Waals surface area (Å²) in [4.78, 5) is 17.3. The molecule has 0 aliphatic carbocycles. The number of para-hydroxylation sites is 1. The number of benzene rings is 2. The van der Waals surface area contributed by atoms with Crippen molar-refractivity contribution in [3.63, 3.8) is 0 Å². The van der Waals surface area contributed by atoms with E-state index in [0.29, 0.717) is 24.6 Å². The van der Waals surface area contributed by atoms with Crippen molar-refractivity contribution in [3.05, 3.63) is 72.4 Å². The molecule has 1 N–H and O–H groups in total. The van der Waals surface area contributed by atoms with E-state index in [4.69, 9.17) is 9.47 Å². The molecular formula is C23H25N3O5S. The molecule has 1 aromatic heterocycles. The van der Waals surface area contributed by atoms with Crippen LogP contribution in [0.25, 0.3) is 0 Å². The first-order valence-corrected chi connectivity index (χ1v) is 11.5. The summed E-state index contributed by atoms with van der Waals surface area (Å²) in [6.45, 7) is 4.21. The van der Waals surface area contributed by atoms with E-state index in [9.17, 15) is 13.2 Å². The van der Waals surface area contributed by atoms with Crippen LogP contribution in [0.15, 0.2) is 71.8 Å². The first-order chi connectivity index (χ1) is 15.4. The van der Waals surface area contributed by atoms with E-state index < -0.39 is 15.9 Å². The highest BCUT2D eigenvalue weighted by Gasteiger charge is 2.24. The summed E-state index contributed by atoms with van der Waals surface area (Å²) < 4.78 is 38.2. The number of carbonyl (C=O) groups is 1. The number of nitrogens with one attached hydrogen (secondary N) is 1. The molecule has 0 aliphatic rings. The molecule has 1 heterocycles. The van der Waals surface area contributed by atoms with Crippen LogP contribution < -0.4 is 14.8 Å². The predicted octanol–water partition coefficient (Wildman–Crippen LogP) is 4.17. The van der Waals surface area contributed by atoms with E-state index in [1.807, 2.05) is 18.2 Å². The van der Waals surface area contributed by atoms with Crippen molar-refractivity contribution in [1.82, 2.24) is 9.29 Å². The first kappa shape index (κ1) is 23.2. The highest BCUT2D eigenvalue weighted by atomic mass is 32.2. The first-order valence-electron chi connectivity index (χ1n) is 10.1. The average molecular weight is 456 g/mol. The number of rotatable bonds is 9. The molecule has 0 aliphatic heterocycles. The number of anilines is 1. The van der Waals surface area contributed by atoms with Crippen molar-refractivity contribution in [2.75, 3.05) is 25.5 Å². The van der Waals surface area contributed by atoms with Crippen molar-refractivity contribution < 1.29 is 22.7 Å². The Morgan fingerprint density at radius 1 is 1.03 bits per heavy atom. The second kappa shape index (κ2) is 10.3. The molecule has 0 unspecified atom stereocenters. The Labute approximate surface area is 187 Å². The summed E-state index contributed by atoms with van der Waals surface area (Å²) in [6, 6.07) is 16.5. The number of hydrogen-bond acceptors (Lipinski definition) is 6. The molecule has 1 amide bonds. The molecule has 168 valence electrons. The Kier molecular flexibility index (Phi) is 7.45. The van der Waals surface area contributed by atoms with Crippen LogP contribution in [-0.4, -0.2) is 43.8 Å². The average Bonchev–Trinajstić information content (AvgIpc) is 2.80. The molecule has 0 radical (unpaired) electrons. The van der Waals surface area contributed by atoms with Gasteiger partial charge in [0.05, 0.1) is 17.7 Å². The van der Waals surface area contributed by atoms with Crippen LogP contribution in [0.1, 0.15) is 24.2 Å². The highest BCUT2D eigenvalue weighted by Crippen LogP contribution is 2.30. The van der Waals surface area contributed by atoms with E-state index in [-0.39, 0.29) is 22.0 Å². The molecule has 9 heteroatoms. The molecule has 0 spiro atoms. The van der Waals surface area contributed by atoms with Gasteiger partial charge in [-0.1, -0.05) is 32.0 Å². The Balaban J connectivity index is 1.93. The maximum Gasteiger partial charge on any atom is 0.261 e. The molecule has 0 saturated carbocycles. The van der Waals surface area contributed by atoms with E-state index in [1.165, 1.54) is 35.8 Å². The molecule has 0 fully saturated rings. The number of hydrogen-bond donors (Lipinski definition) is 1. The molecule has 3 rings (SSSR count). The SMILES string of the molecule is CCN(CC)S(=O)(=O)c1ccc(OC)c(NC(=O)c2cccnc2Oc2ccccc2)c1. The number of methoxy groups -OCH3 is 1. The standard InChI is InChI=1S/C23H25N3O5S/c1-4-26(5-2)32(28,29)18-13-14-21(30-3)20(16-18)25-22(27)19-12-9-15-24-23(19)31-17-10-7-6-8-11-17/h6-16H,4-5H2,1-3H3,(H,25,27). The third-order valence-electron chi connectivity index (χ3n) is 4.74. The number of ether oxygens (including phenoxy) is 2. The largest absolute Gasteiger partial charge is 0.495 e. The second-order valence-electron chi connectivity index (χ2n) is 6.68. The number of pyridine rings is 1. The molecule has 0 atom stereocenters. The smallest absolute Gasteiger partial charge is 0.261 e. The van der Waals surface area contributed by atoms with Gasteiger partial charge in [0.2, 0.25) is 15.9 Å². The fourth-order valence-electron chi connectivity index (χ4n) is 3.09.